The van der Waals surface area contributed by atoms with Crippen molar-refractivity contribution in [2.24, 2.45) is 0 Å². The maximum absolute atomic E-state index is 12.4. The zero-order valence-corrected chi connectivity index (χ0v) is 15.1. The van der Waals surface area contributed by atoms with Crippen molar-refractivity contribution in [1.29, 1.82) is 0 Å². The number of benzene rings is 1. The Labute approximate surface area is 154 Å². The van der Waals surface area contributed by atoms with Crippen molar-refractivity contribution in [2.45, 2.75) is 26.0 Å². The van der Waals surface area contributed by atoms with Crippen molar-refractivity contribution in [3.8, 4) is 5.75 Å². The van der Waals surface area contributed by atoms with E-state index in [9.17, 15) is 4.79 Å². The molecule has 8 heteroatoms. The fraction of sp³-hybridized carbons (Fsp3) is 0.235. The number of ether oxygens (including phenoxy) is 1. The Morgan fingerprint density at radius 1 is 1.20 bits per heavy atom. The molecule has 0 radical (unpaired) electrons. The van der Waals surface area contributed by atoms with Gasteiger partial charge in [0.15, 0.2) is 17.6 Å². The third kappa shape index (κ3) is 3.86. The van der Waals surface area contributed by atoms with Crippen molar-refractivity contribution in [2.75, 3.05) is 0 Å². The number of carbonyl (C=O) groups is 1. The lowest BCUT2D eigenvalue weighted by molar-refractivity contribution is -0.128. The van der Waals surface area contributed by atoms with E-state index in [1.54, 1.807) is 25.1 Å². The van der Waals surface area contributed by atoms with E-state index >= 15 is 0 Å². The van der Waals surface area contributed by atoms with Crippen LogP contribution in [0.2, 0.25) is 10.0 Å². The van der Waals surface area contributed by atoms with Crippen molar-refractivity contribution in [3.63, 3.8) is 0 Å². The molecule has 25 heavy (non-hydrogen) atoms. The van der Waals surface area contributed by atoms with Crippen LogP contribution in [0.25, 0.3) is 5.65 Å². The molecule has 0 fully saturated rings. The normalized spacial score (nSPS) is 13.4. The van der Waals surface area contributed by atoms with Gasteiger partial charge in [0.25, 0.3) is 5.91 Å². The number of fused-ring (bicyclic) bond motifs is 1. The number of hydrogen-bond donors (Lipinski definition) is 1. The van der Waals surface area contributed by atoms with Crippen LogP contribution in [0.3, 0.4) is 0 Å². The maximum Gasteiger partial charge on any atom is 0.261 e. The first kappa shape index (κ1) is 17.5. The average Bonchev–Trinajstić information content (AvgIpc) is 3.01. The van der Waals surface area contributed by atoms with Gasteiger partial charge in [0, 0.05) is 11.2 Å². The highest BCUT2D eigenvalue weighted by Crippen LogP contribution is 2.28. The third-order valence-electron chi connectivity index (χ3n) is 3.65. The summed E-state index contributed by atoms with van der Waals surface area (Å²) < 4.78 is 7.45. The number of hydrogen-bond acceptors (Lipinski definition) is 4. The SMILES string of the molecule is CC(Oc1ccc(Cl)cc1Cl)C(=O)NC(C)c1nnc2ccccn12. The summed E-state index contributed by atoms with van der Waals surface area (Å²) >= 11 is 11.9. The van der Waals surface area contributed by atoms with Crippen LogP contribution in [-0.4, -0.2) is 26.6 Å². The summed E-state index contributed by atoms with van der Waals surface area (Å²) in [5.41, 5.74) is 0.718. The van der Waals surface area contributed by atoms with Crippen LogP contribution < -0.4 is 10.1 Å². The Balaban J connectivity index is 1.68. The Hall–Kier alpha value is -2.31. The van der Waals surface area contributed by atoms with E-state index in [1.165, 1.54) is 0 Å². The number of aromatic nitrogens is 3. The van der Waals surface area contributed by atoms with Crippen LogP contribution in [-0.2, 0) is 4.79 Å². The molecule has 130 valence electrons. The third-order valence-corrected chi connectivity index (χ3v) is 4.18. The van der Waals surface area contributed by atoms with Crippen molar-refractivity contribution in [3.05, 3.63) is 58.5 Å². The fourth-order valence-corrected chi connectivity index (χ4v) is 2.82. The van der Waals surface area contributed by atoms with E-state index in [0.29, 0.717) is 21.6 Å². The molecule has 1 N–H and O–H groups in total. The first-order valence-electron chi connectivity index (χ1n) is 7.67. The maximum atomic E-state index is 12.4. The molecule has 2 atom stereocenters. The zero-order valence-electron chi connectivity index (χ0n) is 13.6. The van der Waals surface area contributed by atoms with Gasteiger partial charge in [-0.3, -0.25) is 9.20 Å². The summed E-state index contributed by atoms with van der Waals surface area (Å²) in [6, 6.07) is 10.1. The minimum Gasteiger partial charge on any atom is -0.479 e. The largest absolute Gasteiger partial charge is 0.479 e. The quantitative estimate of drug-likeness (QED) is 0.734. The average molecular weight is 379 g/mol. The molecule has 3 rings (SSSR count). The lowest BCUT2D eigenvalue weighted by Gasteiger charge is -2.18. The minimum atomic E-state index is -0.736. The molecule has 0 aliphatic heterocycles. The Kier molecular flexibility index (Phi) is 5.11. The molecule has 0 spiro atoms. The van der Waals surface area contributed by atoms with Crippen LogP contribution in [0.5, 0.6) is 5.75 Å². The lowest BCUT2D eigenvalue weighted by Crippen LogP contribution is -2.38. The summed E-state index contributed by atoms with van der Waals surface area (Å²) in [6.45, 7) is 3.48. The molecule has 2 heterocycles. The molecule has 2 unspecified atom stereocenters. The van der Waals surface area contributed by atoms with Gasteiger partial charge in [-0.1, -0.05) is 29.3 Å². The van der Waals surface area contributed by atoms with Gasteiger partial charge >= 0.3 is 0 Å². The number of amides is 1. The molecule has 0 saturated carbocycles. The van der Waals surface area contributed by atoms with Gasteiger partial charge in [0.1, 0.15) is 5.75 Å². The molecule has 6 nitrogen and oxygen atoms in total. The summed E-state index contributed by atoms with van der Waals surface area (Å²) in [4.78, 5) is 12.4. The van der Waals surface area contributed by atoms with Gasteiger partial charge in [-0.2, -0.15) is 0 Å². The number of nitrogens with one attached hydrogen (secondary N) is 1. The minimum absolute atomic E-state index is 0.286. The van der Waals surface area contributed by atoms with Crippen LogP contribution in [0.4, 0.5) is 0 Å². The molecular weight excluding hydrogens is 363 g/mol. The number of carbonyl (C=O) groups excluding carboxylic acids is 1. The Bertz CT molecular complexity index is 913. The van der Waals surface area contributed by atoms with Gasteiger partial charge in [-0.25, -0.2) is 0 Å². The highest BCUT2D eigenvalue weighted by molar-refractivity contribution is 6.35. The van der Waals surface area contributed by atoms with Gasteiger partial charge in [-0.15, -0.1) is 10.2 Å². The van der Waals surface area contributed by atoms with E-state index in [-0.39, 0.29) is 11.9 Å². The molecule has 1 amide bonds. The first-order chi connectivity index (χ1) is 12.0. The number of rotatable bonds is 5. The first-order valence-corrected chi connectivity index (χ1v) is 8.43. The predicted molar refractivity (Wildman–Crippen MR) is 96.1 cm³/mol. The highest BCUT2D eigenvalue weighted by atomic mass is 35.5. The fourth-order valence-electron chi connectivity index (χ4n) is 2.37. The number of halogens is 2. The summed E-state index contributed by atoms with van der Waals surface area (Å²) in [7, 11) is 0. The lowest BCUT2D eigenvalue weighted by atomic mass is 10.2. The van der Waals surface area contributed by atoms with E-state index in [1.807, 2.05) is 35.7 Å². The summed E-state index contributed by atoms with van der Waals surface area (Å²) in [5, 5.41) is 11.9. The molecule has 3 aromatic rings. The van der Waals surface area contributed by atoms with E-state index in [2.05, 4.69) is 15.5 Å². The van der Waals surface area contributed by atoms with Gasteiger partial charge in [0.2, 0.25) is 0 Å². The van der Waals surface area contributed by atoms with E-state index in [0.717, 1.165) is 5.65 Å². The van der Waals surface area contributed by atoms with Crippen LogP contribution >= 0.6 is 23.2 Å². The second kappa shape index (κ2) is 7.29. The molecule has 0 bridgehead atoms. The predicted octanol–water partition coefficient (Wildman–Crippen LogP) is 3.68. The van der Waals surface area contributed by atoms with Crippen LogP contribution in [0.1, 0.15) is 25.7 Å². The van der Waals surface area contributed by atoms with Crippen molar-refractivity contribution < 1.29 is 9.53 Å². The zero-order chi connectivity index (χ0) is 18.0. The molecular formula is C17H16Cl2N4O2. The van der Waals surface area contributed by atoms with Crippen molar-refractivity contribution in [1.82, 2.24) is 19.9 Å². The summed E-state index contributed by atoms with van der Waals surface area (Å²) in [6.07, 6.45) is 1.11. The Morgan fingerprint density at radius 2 is 2.00 bits per heavy atom. The highest BCUT2D eigenvalue weighted by Gasteiger charge is 2.21. The second-order valence-electron chi connectivity index (χ2n) is 5.55. The molecule has 0 aliphatic rings. The van der Waals surface area contributed by atoms with Crippen molar-refractivity contribution >= 4 is 34.8 Å². The van der Waals surface area contributed by atoms with E-state index < -0.39 is 6.10 Å². The topological polar surface area (TPSA) is 68.5 Å². The molecule has 0 aliphatic carbocycles. The van der Waals surface area contributed by atoms with Crippen LogP contribution in [0.15, 0.2) is 42.6 Å². The number of pyridine rings is 1. The second-order valence-corrected chi connectivity index (χ2v) is 6.40. The van der Waals surface area contributed by atoms with Gasteiger partial charge in [-0.05, 0) is 44.2 Å². The standard InChI is InChI=1S/C17H16Cl2N4O2/c1-10(16-22-21-15-5-3-4-8-23(15)16)20-17(24)11(2)25-14-7-6-12(18)9-13(14)19/h3-11H,1-2H3,(H,20,24). The molecule has 2 aromatic heterocycles. The van der Waals surface area contributed by atoms with Gasteiger partial charge in [0.05, 0.1) is 11.1 Å². The smallest absolute Gasteiger partial charge is 0.261 e. The number of nitrogens with zero attached hydrogens (tertiary/aromatic N) is 3. The van der Waals surface area contributed by atoms with Gasteiger partial charge < -0.3 is 10.1 Å². The Morgan fingerprint density at radius 3 is 2.76 bits per heavy atom. The van der Waals surface area contributed by atoms with E-state index in [4.69, 9.17) is 27.9 Å². The monoisotopic (exact) mass is 378 g/mol. The molecule has 0 saturated heterocycles. The molecule has 1 aromatic carbocycles. The summed E-state index contributed by atoms with van der Waals surface area (Å²) in [5.74, 6) is 0.751. The van der Waals surface area contributed by atoms with Crippen LogP contribution in [0, 0.1) is 0 Å².